The van der Waals surface area contributed by atoms with Crippen LogP contribution in [0.15, 0.2) is 48.8 Å². The largest absolute Gasteiger partial charge is 0.457 e. The molecule has 0 aliphatic carbocycles. The van der Waals surface area contributed by atoms with Crippen molar-refractivity contribution in [1.29, 1.82) is 0 Å². The minimum Gasteiger partial charge on any atom is -0.457 e. The van der Waals surface area contributed by atoms with Gasteiger partial charge in [-0.25, -0.2) is 14.6 Å². The van der Waals surface area contributed by atoms with E-state index < -0.39 is 23.9 Å². The van der Waals surface area contributed by atoms with E-state index in [9.17, 15) is 19.2 Å². The molecule has 5 amide bonds. The SMILES string of the molecule is CNC(=O)n1ccc2cc(Oc3ccnc(NC(=O)N[C@@H](CCCC(N)=O)CC(N)=O)c3)ccc21. The summed E-state index contributed by atoms with van der Waals surface area (Å²) in [4.78, 5) is 50.7. The highest BCUT2D eigenvalue weighted by molar-refractivity contribution is 5.92. The molecule has 0 spiro atoms. The van der Waals surface area contributed by atoms with Gasteiger partial charge in [-0.2, -0.15) is 0 Å². The number of hydrogen-bond acceptors (Lipinski definition) is 6. The van der Waals surface area contributed by atoms with E-state index >= 15 is 0 Å². The van der Waals surface area contributed by atoms with E-state index in [1.807, 2.05) is 0 Å². The molecule has 2 heterocycles. The summed E-state index contributed by atoms with van der Waals surface area (Å²) in [5.74, 6) is 0.143. The Morgan fingerprint density at radius 3 is 2.54 bits per heavy atom. The van der Waals surface area contributed by atoms with E-state index in [0.29, 0.717) is 24.3 Å². The summed E-state index contributed by atoms with van der Waals surface area (Å²) in [6.07, 6.45) is 3.97. The van der Waals surface area contributed by atoms with Crippen LogP contribution in [0.3, 0.4) is 0 Å². The second-order valence-electron chi connectivity index (χ2n) is 7.76. The molecule has 184 valence electrons. The molecule has 0 aliphatic heterocycles. The molecule has 2 aromatic heterocycles. The van der Waals surface area contributed by atoms with Crippen LogP contribution in [0, 0.1) is 0 Å². The van der Waals surface area contributed by atoms with Crippen LogP contribution in [-0.2, 0) is 9.59 Å². The summed E-state index contributed by atoms with van der Waals surface area (Å²) in [7, 11) is 1.56. The molecular formula is C23H27N7O5. The summed E-state index contributed by atoms with van der Waals surface area (Å²) in [5, 5.41) is 8.64. The van der Waals surface area contributed by atoms with Crippen LogP contribution in [0.2, 0.25) is 0 Å². The van der Waals surface area contributed by atoms with Crippen LogP contribution >= 0.6 is 0 Å². The number of carbonyl (C=O) groups excluding carboxylic acids is 4. The number of rotatable bonds is 10. The molecule has 0 aliphatic rings. The fraction of sp³-hybridized carbons (Fsp3) is 0.261. The number of nitrogens with one attached hydrogen (secondary N) is 3. The maximum Gasteiger partial charge on any atom is 0.325 e. The van der Waals surface area contributed by atoms with E-state index in [2.05, 4.69) is 20.9 Å². The van der Waals surface area contributed by atoms with Crippen LogP contribution in [0.25, 0.3) is 10.9 Å². The van der Waals surface area contributed by atoms with Crippen molar-refractivity contribution in [3.8, 4) is 11.5 Å². The Hall–Kier alpha value is -4.61. The van der Waals surface area contributed by atoms with Crippen LogP contribution < -0.4 is 32.2 Å². The normalized spacial score (nSPS) is 11.5. The summed E-state index contributed by atoms with van der Waals surface area (Å²) in [6, 6.07) is 8.86. The number of carbonyl (C=O) groups is 4. The number of primary amides is 2. The Morgan fingerprint density at radius 2 is 1.83 bits per heavy atom. The minimum absolute atomic E-state index is 0.0765. The third-order valence-electron chi connectivity index (χ3n) is 5.06. The van der Waals surface area contributed by atoms with Crippen molar-refractivity contribution in [2.24, 2.45) is 11.5 Å². The number of nitrogens with zero attached hydrogens (tertiary/aromatic N) is 2. The standard InChI is InChI=1S/C23H27N7O5/c1-26-23(34)30-10-8-14-11-16(5-6-18(14)30)35-17-7-9-27-21(13-17)29-22(33)28-15(12-20(25)32)3-2-4-19(24)31/h5-11,13,15H,2-4,12H2,1H3,(H2,24,31)(H2,25,32)(H,26,34)(H2,27,28,29,33)/t15-/m0/s1. The quantitative estimate of drug-likeness (QED) is 0.295. The van der Waals surface area contributed by atoms with Gasteiger partial charge in [0.2, 0.25) is 11.8 Å². The third kappa shape index (κ3) is 7.19. The topological polar surface area (TPSA) is 183 Å². The lowest BCUT2D eigenvalue weighted by molar-refractivity contribution is -0.118. The lowest BCUT2D eigenvalue weighted by Crippen LogP contribution is -2.40. The summed E-state index contributed by atoms with van der Waals surface area (Å²) >= 11 is 0. The van der Waals surface area contributed by atoms with Gasteiger partial charge < -0.3 is 26.8 Å². The molecule has 0 radical (unpaired) electrons. The number of anilines is 1. The summed E-state index contributed by atoms with van der Waals surface area (Å²) < 4.78 is 7.38. The van der Waals surface area contributed by atoms with Crippen molar-refractivity contribution in [3.63, 3.8) is 0 Å². The average molecular weight is 482 g/mol. The van der Waals surface area contributed by atoms with Crippen molar-refractivity contribution < 1.29 is 23.9 Å². The van der Waals surface area contributed by atoms with E-state index in [1.54, 1.807) is 43.6 Å². The number of benzene rings is 1. The molecule has 7 N–H and O–H groups in total. The second-order valence-corrected chi connectivity index (χ2v) is 7.76. The van der Waals surface area contributed by atoms with Crippen molar-refractivity contribution in [1.82, 2.24) is 20.2 Å². The second kappa shape index (κ2) is 11.5. The fourth-order valence-corrected chi connectivity index (χ4v) is 3.49. The predicted octanol–water partition coefficient (Wildman–Crippen LogP) is 2.04. The number of aromatic nitrogens is 2. The van der Waals surface area contributed by atoms with E-state index in [4.69, 9.17) is 16.2 Å². The predicted molar refractivity (Wildman–Crippen MR) is 129 cm³/mol. The Balaban J connectivity index is 1.63. The monoisotopic (exact) mass is 481 g/mol. The van der Waals surface area contributed by atoms with Crippen LogP contribution in [0.5, 0.6) is 11.5 Å². The molecule has 0 fully saturated rings. The summed E-state index contributed by atoms with van der Waals surface area (Å²) in [5.41, 5.74) is 11.1. The van der Waals surface area contributed by atoms with Gasteiger partial charge in [-0.05, 0) is 43.2 Å². The van der Waals surface area contributed by atoms with Crippen LogP contribution in [0.4, 0.5) is 15.4 Å². The molecule has 35 heavy (non-hydrogen) atoms. The van der Waals surface area contributed by atoms with E-state index in [-0.39, 0.29) is 24.7 Å². The first-order chi connectivity index (χ1) is 16.7. The molecule has 1 atom stereocenters. The highest BCUT2D eigenvalue weighted by Gasteiger charge is 2.16. The smallest absolute Gasteiger partial charge is 0.325 e. The zero-order valence-corrected chi connectivity index (χ0v) is 19.1. The average Bonchev–Trinajstić information content (AvgIpc) is 3.21. The Labute approximate surface area is 201 Å². The molecule has 0 bridgehead atoms. The lowest BCUT2D eigenvalue weighted by Gasteiger charge is -2.17. The lowest BCUT2D eigenvalue weighted by atomic mass is 10.1. The van der Waals surface area contributed by atoms with Crippen LogP contribution in [-0.4, -0.2) is 46.5 Å². The van der Waals surface area contributed by atoms with E-state index in [1.165, 1.54) is 16.8 Å². The molecule has 0 unspecified atom stereocenters. The van der Waals surface area contributed by atoms with Crippen molar-refractivity contribution in [2.75, 3.05) is 12.4 Å². The van der Waals surface area contributed by atoms with Gasteiger partial charge in [0.25, 0.3) is 0 Å². The fourth-order valence-electron chi connectivity index (χ4n) is 3.49. The number of pyridine rings is 1. The highest BCUT2D eigenvalue weighted by Crippen LogP contribution is 2.27. The summed E-state index contributed by atoms with van der Waals surface area (Å²) in [6.45, 7) is 0. The van der Waals surface area contributed by atoms with Gasteiger partial charge in [0.1, 0.15) is 17.3 Å². The van der Waals surface area contributed by atoms with Gasteiger partial charge in [-0.3, -0.25) is 19.5 Å². The molecular weight excluding hydrogens is 454 g/mol. The molecule has 3 aromatic rings. The van der Waals surface area contributed by atoms with Crippen molar-refractivity contribution in [2.45, 2.75) is 31.7 Å². The third-order valence-corrected chi connectivity index (χ3v) is 5.06. The number of amides is 5. The zero-order valence-electron chi connectivity index (χ0n) is 19.1. The number of ether oxygens (including phenoxy) is 1. The van der Waals surface area contributed by atoms with Gasteiger partial charge in [0.15, 0.2) is 0 Å². The van der Waals surface area contributed by atoms with Crippen molar-refractivity contribution in [3.05, 3.63) is 48.8 Å². The minimum atomic E-state index is -0.586. The van der Waals surface area contributed by atoms with Gasteiger partial charge in [0.05, 0.1) is 5.52 Å². The molecule has 0 saturated heterocycles. The first-order valence-corrected chi connectivity index (χ1v) is 10.9. The maximum atomic E-state index is 12.4. The Morgan fingerprint density at radius 1 is 1.06 bits per heavy atom. The van der Waals surface area contributed by atoms with E-state index in [0.717, 1.165) is 10.9 Å². The van der Waals surface area contributed by atoms with Crippen LogP contribution in [0.1, 0.15) is 25.7 Å². The Kier molecular flexibility index (Phi) is 8.22. The zero-order chi connectivity index (χ0) is 25.4. The number of hydrogen-bond donors (Lipinski definition) is 5. The molecule has 3 rings (SSSR count). The van der Waals surface area contributed by atoms with Gasteiger partial charge in [0, 0.05) is 49.8 Å². The highest BCUT2D eigenvalue weighted by atomic mass is 16.5. The number of urea groups is 1. The number of fused-ring (bicyclic) bond motifs is 1. The first-order valence-electron chi connectivity index (χ1n) is 10.9. The van der Waals surface area contributed by atoms with Gasteiger partial charge in [-0.15, -0.1) is 0 Å². The molecule has 12 heteroatoms. The molecule has 0 saturated carbocycles. The first kappa shape index (κ1) is 25.0. The Bertz CT molecular complexity index is 1240. The molecule has 12 nitrogen and oxygen atoms in total. The maximum absolute atomic E-state index is 12.4. The van der Waals surface area contributed by atoms with Gasteiger partial charge >= 0.3 is 12.1 Å². The molecule has 1 aromatic carbocycles. The number of nitrogens with two attached hydrogens (primary N) is 2. The van der Waals surface area contributed by atoms with Gasteiger partial charge in [-0.1, -0.05) is 0 Å². The van der Waals surface area contributed by atoms with Crippen molar-refractivity contribution >= 4 is 40.6 Å².